The first-order chi connectivity index (χ1) is 11.0. The Morgan fingerprint density at radius 2 is 1.91 bits per heavy atom. The van der Waals surface area contributed by atoms with E-state index in [1.54, 1.807) is 19.3 Å². The van der Waals surface area contributed by atoms with Crippen LogP contribution in [0.3, 0.4) is 0 Å². The van der Waals surface area contributed by atoms with E-state index in [2.05, 4.69) is 0 Å². The molecule has 0 aromatic heterocycles. The Morgan fingerprint density at radius 1 is 1.22 bits per heavy atom. The fourth-order valence-corrected chi connectivity index (χ4v) is 2.28. The number of benzene rings is 2. The number of hydrogen-bond acceptors (Lipinski definition) is 4. The molecule has 0 amide bonds. The first kappa shape index (κ1) is 17.1. The lowest BCUT2D eigenvalue weighted by molar-refractivity contribution is 0.104. The zero-order chi connectivity index (χ0) is 16.8. The number of carbonyl (C=O) groups is 1. The number of allylic oxidation sites excluding steroid dienone is 1. The number of hydrogen-bond donors (Lipinski definition) is 1. The van der Waals surface area contributed by atoms with Gasteiger partial charge in [0, 0.05) is 12.7 Å². The lowest BCUT2D eigenvalue weighted by Crippen LogP contribution is -1.99. The van der Waals surface area contributed by atoms with Gasteiger partial charge in [0.05, 0.1) is 18.7 Å². The van der Waals surface area contributed by atoms with Crippen LogP contribution in [-0.4, -0.2) is 25.1 Å². The molecule has 0 unspecified atom stereocenters. The second-order valence-corrected chi connectivity index (χ2v) is 5.26. The van der Waals surface area contributed by atoms with Crippen LogP contribution in [0.15, 0.2) is 42.5 Å². The summed E-state index contributed by atoms with van der Waals surface area (Å²) in [7, 11) is 3.13. The van der Waals surface area contributed by atoms with Crippen molar-refractivity contribution in [2.24, 2.45) is 0 Å². The monoisotopic (exact) mass is 332 g/mol. The Kier molecular flexibility index (Phi) is 5.79. The number of methoxy groups -OCH3 is 2. The molecular formula is C18H17ClO4. The van der Waals surface area contributed by atoms with Crippen LogP contribution in [0.4, 0.5) is 0 Å². The van der Waals surface area contributed by atoms with Gasteiger partial charge in [0.25, 0.3) is 0 Å². The number of carbonyl (C=O) groups excluding carboxylic acids is 1. The predicted molar refractivity (Wildman–Crippen MR) is 90.2 cm³/mol. The first-order valence-electron chi connectivity index (χ1n) is 6.92. The fourth-order valence-electron chi connectivity index (χ4n) is 2.07. The molecule has 0 spiro atoms. The van der Waals surface area contributed by atoms with Crippen molar-refractivity contribution in [2.45, 2.75) is 6.61 Å². The molecule has 0 radical (unpaired) electrons. The van der Waals surface area contributed by atoms with Crippen molar-refractivity contribution in [3.05, 3.63) is 64.2 Å². The number of phenols is 1. The van der Waals surface area contributed by atoms with Gasteiger partial charge in [-0.1, -0.05) is 29.8 Å². The molecule has 0 bridgehead atoms. The van der Waals surface area contributed by atoms with Crippen molar-refractivity contribution in [1.29, 1.82) is 0 Å². The summed E-state index contributed by atoms with van der Waals surface area (Å²) >= 11 is 6.02. The van der Waals surface area contributed by atoms with Gasteiger partial charge >= 0.3 is 0 Å². The molecule has 0 saturated heterocycles. The number of rotatable bonds is 6. The molecule has 0 saturated carbocycles. The third-order valence-corrected chi connectivity index (χ3v) is 3.63. The maximum atomic E-state index is 12.3. The second-order valence-electron chi connectivity index (χ2n) is 4.88. The Morgan fingerprint density at radius 3 is 2.52 bits per heavy atom. The topological polar surface area (TPSA) is 55.8 Å². The van der Waals surface area contributed by atoms with Gasteiger partial charge in [-0.05, 0) is 41.5 Å². The Balaban J connectivity index is 2.23. The number of halogens is 1. The molecule has 5 heteroatoms. The van der Waals surface area contributed by atoms with E-state index in [4.69, 9.17) is 21.1 Å². The van der Waals surface area contributed by atoms with E-state index in [0.29, 0.717) is 5.56 Å². The maximum absolute atomic E-state index is 12.3. The van der Waals surface area contributed by atoms with Crippen LogP contribution in [-0.2, 0) is 11.3 Å². The zero-order valence-corrected chi connectivity index (χ0v) is 13.6. The SMILES string of the molecule is COCc1cc(O)c(Cl)c(C(=O)/C=C/c2ccc(OC)cc2)c1. The molecule has 0 aliphatic heterocycles. The van der Waals surface area contributed by atoms with Gasteiger partial charge in [0.2, 0.25) is 0 Å². The van der Waals surface area contributed by atoms with Crippen LogP contribution in [0.1, 0.15) is 21.5 Å². The van der Waals surface area contributed by atoms with E-state index >= 15 is 0 Å². The molecule has 0 aliphatic rings. The Labute approximate surface area is 139 Å². The highest BCUT2D eigenvalue weighted by Gasteiger charge is 2.13. The standard InChI is InChI=1S/C18H17ClO4/c1-22-11-13-9-15(18(19)17(21)10-13)16(20)8-5-12-3-6-14(23-2)7-4-12/h3-10,21H,11H2,1-2H3/b8-5+. The normalized spacial score (nSPS) is 10.9. The number of phenolic OH excluding ortho intramolecular Hbond substituents is 1. The lowest BCUT2D eigenvalue weighted by atomic mass is 10.1. The molecule has 2 aromatic carbocycles. The van der Waals surface area contributed by atoms with Crippen molar-refractivity contribution < 1.29 is 19.4 Å². The molecule has 0 heterocycles. The summed E-state index contributed by atoms with van der Waals surface area (Å²) in [4.78, 5) is 12.3. The summed E-state index contributed by atoms with van der Waals surface area (Å²) in [6.45, 7) is 0.285. The highest BCUT2D eigenvalue weighted by Crippen LogP contribution is 2.30. The van der Waals surface area contributed by atoms with E-state index in [1.165, 1.54) is 19.3 Å². The fraction of sp³-hybridized carbons (Fsp3) is 0.167. The van der Waals surface area contributed by atoms with Crippen LogP contribution >= 0.6 is 11.6 Å². The van der Waals surface area contributed by atoms with E-state index in [0.717, 1.165) is 11.3 Å². The van der Waals surface area contributed by atoms with Crippen LogP contribution in [0.25, 0.3) is 6.08 Å². The van der Waals surface area contributed by atoms with Crippen LogP contribution in [0.5, 0.6) is 11.5 Å². The minimum absolute atomic E-state index is 0.0363. The molecule has 4 nitrogen and oxygen atoms in total. The second kappa shape index (κ2) is 7.81. The third kappa shape index (κ3) is 4.34. The van der Waals surface area contributed by atoms with Gasteiger partial charge in [0.15, 0.2) is 5.78 Å². The molecule has 0 atom stereocenters. The Bertz CT molecular complexity index is 721. The van der Waals surface area contributed by atoms with E-state index in [9.17, 15) is 9.90 Å². The molecule has 23 heavy (non-hydrogen) atoms. The van der Waals surface area contributed by atoms with Gasteiger partial charge in [-0.25, -0.2) is 0 Å². The molecular weight excluding hydrogens is 316 g/mol. The molecule has 120 valence electrons. The smallest absolute Gasteiger partial charge is 0.187 e. The van der Waals surface area contributed by atoms with E-state index in [-0.39, 0.29) is 28.7 Å². The van der Waals surface area contributed by atoms with Gasteiger partial charge in [-0.3, -0.25) is 4.79 Å². The van der Waals surface area contributed by atoms with E-state index < -0.39 is 0 Å². The summed E-state index contributed by atoms with van der Waals surface area (Å²) in [6.07, 6.45) is 3.09. The molecule has 1 N–H and O–H groups in total. The summed E-state index contributed by atoms with van der Waals surface area (Å²) in [5.74, 6) is 0.315. The Hall–Kier alpha value is -2.30. The van der Waals surface area contributed by atoms with Crippen molar-refractivity contribution in [3.8, 4) is 11.5 Å². The summed E-state index contributed by atoms with van der Waals surface area (Å²) in [6, 6.07) is 10.4. The lowest BCUT2D eigenvalue weighted by Gasteiger charge is -2.07. The minimum Gasteiger partial charge on any atom is -0.506 e. The average Bonchev–Trinajstić information content (AvgIpc) is 2.56. The maximum Gasteiger partial charge on any atom is 0.187 e. The van der Waals surface area contributed by atoms with Gasteiger partial charge in [-0.15, -0.1) is 0 Å². The van der Waals surface area contributed by atoms with Gasteiger partial charge in [0.1, 0.15) is 11.5 Å². The predicted octanol–water partition coefficient (Wildman–Crippen LogP) is 4.10. The van der Waals surface area contributed by atoms with Crippen molar-refractivity contribution in [1.82, 2.24) is 0 Å². The highest BCUT2D eigenvalue weighted by atomic mass is 35.5. The number of aromatic hydroxyl groups is 1. The van der Waals surface area contributed by atoms with Gasteiger partial charge < -0.3 is 14.6 Å². The van der Waals surface area contributed by atoms with E-state index in [1.807, 2.05) is 24.3 Å². The van der Waals surface area contributed by atoms with Crippen molar-refractivity contribution >= 4 is 23.5 Å². The summed E-state index contributed by atoms with van der Waals surface area (Å²) in [5.41, 5.74) is 1.77. The number of ether oxygens (including phenoxy) is 2. The zero-order valence-electron chi connectivity index (χ0n) is 12.9. The number of ketones is 1. The molecule has 0 aliphatic carbocycles. The third-order valence-electron chi connectivity index (χ3n) is 3.23. The first-order valence-corrected chi connectivity index (χ1v) is 7.29. The van der Waals surface area contributed by atoms with Crippen molar-refractivity contribution in [2.75, 3.05) is 14.2 Å². The minimum atomic E-state index is -0.293. The molecule has 0 fully saturated rings. The molecule has 2 rings (SSSR count). The quantitative estimate of drug-likeness (QED) is 0.639. The summed E-state index contributed by atoms with van der Waals surface area (Å²) in [5, 5.41) is 9.86. The average molecular weight is 333 g/mol. The van der Waals surface area contributed by atoms with Crippen molar-refractivity contribution in [3.63, 3.8) is 0 Å². The van der Waals surface area contributed by atoms with Crippen LogP contribution < -0.4 is 4.74 Å². The summed E-state index contributed by atoms with van der Waals surface area (Å²) < 4.78 is 10.1. The van der Waals surface area contributed by atoms with Crippen LogP contribution in [0, 0.1) is 0 Å². The van der Waals surface area contributed by atoms with Crippen LogP contribution in [0.2, 0.25) is 5.02 Å². The largest absolute Gasteiger partial charge is 0.506 e. The highest BCUT2D eigenvalue weighted by molar-refractivity contribution is 6.36. The molecule has 2 aromatic rings. The van der Waals surface area contributed by atoms with Gasteiger partial charge in [-0.2, -0.15) is 0 Å².